The van der Waals surface area contributed by atoms with Crippen LogP contribution in [0.25, 0.3) is 0 Å². The number of nitrogens with two attached hydrogens (primary N) is 1. The standard InChI is InChI=1S/C15H24N2O3.ClH/c1-18-13-8-11(9-14(19-2)15(13)20-3)10-17-6-4-12(16)5-7-17;/h8-9,12H,4-7,10,16H2,1-3H3;1H. The summed E-state index contributed by atoms with van der Waals surface area (Å²) in [6.45, 7) is 2.96. The van der Waals surface area contributed by atoms with E-state index in [4.69, 9.17) is 19.9 Å². The lowest BCUT2D eigenvalue weighted by atomic mass is 10.0. The average molecular weight is 317 g/mol. The summed E-state index contributed by atoms with van der Waals surface area (Å²) < 4.78 is 16.1. The van der Waals surface area contributed by atoms with Crippen molar-refractivity contribution in [2.75, 3.05) is 34.4 Å². The fraction of sp³-hybridized carbons (Fsp3) is 0.600. The van der Waals surface area contributed by atoms with Gasteiger partial charge in [-0.3, -0.25) is 4.90 Å². The zero-order valence-electron chi connectivity index (χ0n) is 12.9. The predicted molar refractivity (Wildman–Crippen MR) is 85.8 cm³/mol. The summed E-state index contributed by atoms with van der Waals surface area (Å²) in [7, 11) is 4.90. The third kappa shape index (κ3) is 4.40. The number of likely N-dealkylation sites (tertiary alicyclic amines) is 1. The van der Waals surface area contributed by atoms with Crippen LogP contribution in [0.3, 0.4) is 0 Å². The van der Waals surface area contributed by atoms with Gasteiger partial charge in [-0.15, -0.1) is 12.4 Å². The molecule has 1 aliphatic rings. The highest BCUT2D eigenvalue weighted by Gasteiger charge is 2.18. The molecule has 1 fully saturated rings. The Labute approximate surface area is 132 Å². The summed E-state index contributed by atoms with van der Waals surface area (Å²) in [5.74, 6) is 2.05. The normalized spacial score (nSPS) is 16.2. The van der Waals surface area contributed by atoms with Gasteiger partial charge in [-0.05, 0) is 43.6 Å². The first kappa shape index (κ1) is 17.9. The van der Waals surface area contributed by atoms with Crippen LogP contribution >= 0.6 is 12.4 Å². The molecule has 0 amide bonds. The minimum absolute atomic E-state index is 0. The molecule has 0 atom stereocenters. The number of methoxy groups -OCH3 is 3. The van der Waals surface area contributed by atoms with Gasteiger partial charge >= 0.3 is 0 Å². The summed E-state index contributed by atoms with van der Waals surface area (Å²) in [4.78, 5) is 2.41. The molecule has 1 aromatic carbocycles. The van der Waals surface area contributed by atoms with E-state index >= 15 is 0 Å². The van der Waals surface area contributed by atoms with E-state index in [0.29, 0.717) is 23.3 Å². The molecule has 2 rings (SSSR count). The molecule has 1 aromatic rings. The van der Waals surface area contributed by atoms with E-state index < -0.39 is 0 Å². The quantitative estimate of drug-likeness (QED) is 0.901. The maximum Gasteiger partial charge on any atom is 0.203 e. The number of ether oxygens (including phenoxy) is 3. The second-order valence-corrected chi connectivity index (χ2v) is 5.15. The lowest BCUT2D eigenvalue weighted by Crippen LogP contribution is -2.39. The van der Waals surface area contributed by atoms with E-state index in [2.05, 4.69) is 4.90 Å². The first-order valence-corrected chi connectivity index (χ1v) is 6.94. The molecular formula is C15H25ClN2O3. The van der Waals surface area contributed by atoms with Gasteiger partial charge in [0.25, 0.3) is 0 Å². The summed E-state index contributed by atoms with van der Waals surface area (Å²) in [6, 6.07) is 4.37. The highest BCUT2D eigenvalue weighted by Crippen LogP contribution is 2.38. The molecule has 6 heteroatoms. The van der Waals surface area contributed by atoms with E-state index in [-0.39, 0.29) is 12.4 Å². The largest absolute Gasteiger partial charge is 0.493 e. The summed E-state index contributed by atoms with van der Waals surface area (Å²) >= 11 is 0. The number of rotatable bonds is 5. The fourth-order valence-corrected chi connectivity index (χ4v) is 2.60. The summed E-state index contributed by atoms with van der Waals surface area (Å²) in [6.07, 6.45) is 2.12. The van der Waals surface area contributed by atoms with E-state index in [0.717, 1.165) is 38.0 Å². The average Bonchev–Trinajstić information content (AvgIpc) is 2.48. The number of halogens is 1. The molecule has 0 radical (unpaired) electrons. The van der Waals surface area contributed by atoms with Crippen LogP contribution in [-0.2, 0) is 6.54 Å². The molecule has 5 nitrogen and oxygen atoms in total. The van der Waals surface area contributed by atoms with Gasteiger partial charge in [-0.2, -0.15) is 0 Å². The second kappa shape index (κ2) is 8.32. The smallest absolute Gasteiger partial charge is 0.203 e. The molecule has 0 unspecified atom stereocenters. The van der Waals surface area contributed by atoms with Crippen molar-refractivity contribution >= 4 is 12.4 Å². The fourth-order valence-electron chi connectivity index (χ4n) is 2.60. The van der Waals surface area contributed by atoms with Crippen LogP contribution < -0.4 is 19.9 Å². The van der Waals surface area contributed by atoms with Gasteiger partial charge in [0.15, 0.2) is 11.5 Å². The van der Waals surface area contributed by atoms with Gasteiger partial charge in [0, 0.05) is 12.6 Å². The molecule has 0 bridgehead atoms. The van der Waals surface area contributed by atoms with Crippen LogP contribution in [0.5, 0.6) is 17.2 Å². The van der Waals surface area contributed by atoms with Crippen molar-refractivity contribution in [3.63, 3.8) is 0 Å². The maximum absolute atomic E-state index is 5.94. The summed E-state index contributed by atoms with van der Waals surface area (Å²) in [5, 5.41) is 0. The molecule has 0 spiro atoms. The molecule has 21 heavy (non-hydrogen) atoms. The molecule has 0 aliphatic carbocycles. The minimum atomic E-state index is 0. The Hall–Kier alpha value is -1.17. The maximum atomic E-state index is 5.94. The van der Waals surface area contributed by atoms with Crippen molar-refractivity contribution in [1.82, 2.24) is 4.90 Å². The van der Waals surface area contributed by atoms with Crippen molar-refractivity contribution < 1.29 is 14.2 Å². The predicted octanol–water partition coefficient (Wildman–Crippen LogP) is 2.06. The van der Waals surface area contributed by atoms with Gasteiger partial charge in [-0.1, -0.05) is 0 Å². The van der Waals surface area contributed by atoms with E-state index in [9.17, 15) is 0 Å². The van der Waals surface area contributed by atoms with Crippen LogP contribution in [0.15, 0.2) is 12.1 Å². The lowest BCUT2D eigenvalue weighted by Gasteiger charge is -2.30. The number of hydrogen-bond donors (Lipinski definition) is 1. The van der Waals surface area contributed by atoms with E-state index in [1.54, 1.807) is 21.3 Å². The van der Waals surface area contributed by atoms with Crippen molar-refractivity contribution in [1.29, 1.82) is 0 Å². The third-order valence-corrected chi connectivity index (χ3v) is 3.76. The highest BCUT2D eigenvalue weighted by molar-refractivity contribution is 5.85. The molecule has 1 saturated heterocycles. The van der Waals surface area contributed by atoms with E-state index in [1.165, 1.54) is 0 Å². The molecule has 0 aromatic heterocycles. The first-order valence-electron chi connectivity index (χ1n) is 6.94. The molecule has 1 heterocycles. The Morgan fingerprint density at radius 2 is 1.57 bits per heavy atom. The molecule has 0 saturated carbocycles. The van der Waals surface area contributed by atoms with Gasteiger partial charge in [0.2, 0.25) is 5.75 Å². The zero-order valence-corrected chi connectivity index (χ0v) is 13.7. The third-order valence-electron chi connectivity index (χ3n) is 3.76. The van der Waals surface area contributed by atoms with Crippen molar-refractivity contribution in [3.05, 3.63) is 17.7 Å². The Balaban J connectivity index is 0.00000220. The number of benzene rings is 1. The van der Waals surface area contributed by atoms with Gasteiger partial charge < -0.3 is 19.9 Å². The number of nitrogens with zero attached hydrogens (tertiary/aromatic N) is 1. The Bertz CT molecular complexity index is 424. The topological polar surface area (TPSA) is 57.0 Å². The van der Waals surface area contributed by atoms with Crippen LogP contribution in [0, 0.1) is 0 Å². The Morgan fingerprint density at radius 1 is 1.05 bits per heavy atom. The van der Waals surface area contributed by atoms with Crippen LogP contribution in [0.4, 0.5) is 0 Å². The Morgan fingerprint density at radius 3 is 2.00 bits per heavy atom. The lowest BCUT2D eigenvalue weighted by molar-refractivity contribution is 0.205. The van der Waals surface area contributed by atoms with Crippen LogP contribution in [0.1, 0.15) is 18.4 Å². The zero-order chi connectivity index (χ0) is 14.5. The molecule has 1 aliphatic heterocycles. The van der Waals surface area contributed by atoms with E-state index in [1.807, 2.05) is 12.1 Å². The highest BCUT2D eigenvalue weighted by atomic mass is 35.5. The van der Waals surface area contributed by atoms with Gasteiger partial charge in [0.1, 0.15) is 0 Å². The van der Waals surface area contributed by atoms with Crippen molar-refractivity contribution in [3.8, 4) is 17.2 Å². The van der Waals surface area contributed by atoms with Crippen molar-refractivity contribution in [2.24, 2.45) is 5.73 Å². The van der Waals surface area contributed by atoms with Crippen molar-refractivity contribution in [2.45, 2.75) is 25.4 Å². The monoisotopic (exact) mass is 316 g/mol. The summed E-state index contributed by atoms with van der Waals surface area (Å²) in [5.41, 5.74) is 7.10. The number of piperidine rings is 1. The minimum Gasteiger partial charge on any atom is -0.493 e. The molecular weight excluding hydrogens is 292 g/mol. The van der Waals surface area contributed by atoms with Gasteiger partial charge in [0.05, 0.1) is 21.3 Å². The SMILES string of the molecule is COc1cc(CN2CCC(N)CC2)cc(OC)c1OC.Cl. The Kier molecular flexibility index (Phi) is 7.08. The first-order chi connectivity index (χ1) is 9.67. The van der Waals surface area contributed by atoms with Gasteiger partial charge in [-0.25, -0.2) is 0 Å². The molecule has 2 N–H and O–H groups in total. The van der Waals surface area contributed by atoms with Crippen LogP contribution in [0.2, 0.25) is 0 Å². The number of hydrogen-bond acceptors (Lipinski definition) is 5. The molecule has 120 valence electrons. The second-order valence-electron chi connectivity index (χ2n) is 5.15. The van der Waals surface area contributed by atoms with Crippen LogP contribution in [-0.4, -0.2) is 45.4 Å².